The Kier molecular flexibility index (Phi) is 9.25. The van der Waals surface area contributed by atoms with Gasteiger partial charge in [-0.15, -0.1) is 0 Å². The van der Waals surface area contributed by atoms with Gasteiger partial charge < -0.3 is 0 Å². The van der Waals surface area contributed by atoms with E-state index in [0.717, 1.165) is 23.7 Å². The zero-order chi connectivity index (χ0) is 19.4. The van der Waals surface area contributed by atoms with E-state index in [2.05, 4.69) is 74.1 Å². The van der Waals surface area contributed by atoms with E-state index in [1.807, 2.05) is 0 Å². The standard InChI is InChI=1S/C20H44N4P2/c1-17(2)13-21-9-10-22(14-18(3)4)25(21)26-23(15-19(5)6)11-12-24(26)16-20(7)8/h17-20H,9-16H2,1-8H3. The molecular weight excluding hydrogens is 358 g/mol. The van der Waals surface area contributed by atoms with Crippen molar-refractivity contribution in [3.63, 3.8) is 0 Å². The van der Waals surface area contributed by atoms with Crippen LogP contribution in [0.5, 0.6) is 0 Å². The summed E-state index contributed by atoms with van der Waals surface area (Å²) >= 11 is 0. The van der Waals surface area contributed by atoms with Gasteiger partial charge in [-0.05, 0) is 23.7 Å². The van der Waals surface area contributed by atoms with Crippen LogP contribution >= 0.6 is 15.8 Å². The lowest BCUT2D eigenvalue weighted by Crippen LogP contribution is -2.29. The molecule has 4 nitrogen and oxygen atoms in total. The number of hydrogen-bond acceptors (Lipinski definition) is 4. The second-order valence-corrected chi connectivity index (χ2v) is 15.2. The first-order valence-electron chi connectivity index (χ1n) is 10.8. The number of rotatable bonds is 9. The van der Waals surface area contributed by atoms with E-state index in [9.17, 15) is 0 Å². The molecule has 0 aromatic heterocycles. The molecule has 0 amide bonds. The summed E-state index contributed by atoms with van der Waals surface area (Å²) in [5.41, 5.74) is 0. The van der Waals surface area contributed by atoms with E-state index in [1.165, 1.54) is 52.4 Å². The largest absolute Gasteiger partial charge is 0.263 e. The van der Waals surface area contributed by atoms with Crippen molar-refractivity contribution in [3.8, 4) is 0 Å². The molecule has 0 saturated carbocycles. The minimum atomic E-state index is -0.195. The first kappa shape index (κ1) is 23.0. The van der Waals surface area contributed by atoms with E-state index in [1.54, 1.807) is 0 Å². The van der Waals surface area contributed by atoms with Crippen LogP contribution in [-0.2, 0) is 0 Å². The zero-order valence-corrected chi connectivity index (χ0v) is 20.4. The van der Waals surface area contributed by atoms with Crippen LogP contribution < -0.4 is 0 Å². The van der Waals surface area contributed by atoms with Crippen LogP contribution in [0.15, 0.2) is 0 Å². The summed E-state index contributed by atoms with van der Waals surface area (Å²) in [4.78, 5) is 0. The average Bonchev–Trinajstić information content (AvgIpc) is 3.01. The van der Waals surface area contributed by atoms with Gasteiger partial charge in [-0.25, -0.2) is 0 Å². The summed E-state index contributed by atoms with van der Waals surface area (Å²) in [5.74, 6) is 3.03. The lowest BCUT2D eigenvalue weighted by molar-refractivity contribution is 0.401. The Hall–Kier alpha value is 0.700. The van der Waals surface area contributed by atoms with Gasteiger partial charge in [-0.1, -0.05) is 55.4 Å². The highest BCUT2D eigenvalue weighted by atomic mass is 32.1. The van der Waals surface area contributed by atoms with Crippen LogP contribution in [0.4, 0.5) is 0 Å². The molecule has 2 saturated heterocycles. The molecule has 0 spiro atoms. The molecule has 0 unspecified atom stereocenters. The smallest absolute Gasteiger partial charge is 0.0976 e. The number of nitrogens with zero attached hydrogens (tertiary/aromatic N) is 4. The molecule has 2 aliphatic heterocycles. The van der Waals surface area contributed by atoms with Crippen LogP contribution in [0, 0.1) is 23.7 Å². The van der Waals surface area contributed by atoms with Gasteiger partial charge in [0.1, 0.15) is 0 Å². The predicted molar refractivity (Wildman–Crippen MR) is 119 cm³/mol. The summed E-state index contributed by atoms with van der Waals surface area (Å²) in [7, 11) is -0.389. The maximum Gasteiger partial charge on any atom is 0.0976 e. The molecule has 0 aromatic carbocycles. The van der Waals surface area contributed by atoms with Crippen LogP contribution in [-0.4, -0.2) is 71.0 Å². The SMILES string of the molecule is CC(C)CN1CCN(CC(C)C)P1P1N(CC(C)C)CCN1CC(C)C. The van der Waals surface area contributed by atoms with Crippen LogP contribution in [0.2, 0.25) is 0 Å². The highest BCUT2D eigenvalue weighted by Crippen LogP contribution is 2.78. The third-order valence-corrected chi connectivity index (χ3v) is 12.5. The van der Waals surface area contributed by atoms with Crippen LogP contribution in [0.3, 0.4) is 0 Å². The lowest BCUT2D eigenvalue weighted by atomic mass is 10.2. The van der Waals surface area contributed by atoms with Crippen molar-refractivity contribution in [2.24, 2.45) is 23.7 Å². The fourth-order valence-corrected chi connectivity index (χ4v) is 13.2. The summed E-state index contributed by atoms with van der Waals surface area (Å²) in [5, 5.41) is 0. The molecule has 0 aromatic rings. The van der Waals surface area contributed by atoms with Crippen molar-refractivity contribution in [2.45, 2.75) is 55.4 Å². The zero-order valence-electron chi connectivity index (χ0n) is 18.6. The Morgan fingerprint density at radius 2 is 0.654 bits per heavy atom. The molecule has 2 heterocycles. The lowest BCUT2D eigenvalue weighted by Gasteiger charge is -2.42. The Balaban J connectivity index is 2.27. The third-order valence-electron chi connectivity index (χ3n) is 4.71. The summed E-state index contributed by atoms with van der Waals surface area (Å²) in [6.07, 6.45) is 0. The Morgan fingerprint density at radius 3 is 0.808 bits per heavy atom. The van der Waals surface area contributed by atoms with Gasteiger partial charge >= 0.3 is 0 Å². The summed E-state index contributed by atoms with van der Waals surface area (Å²) < 4.78 is 11.6. The van der Waals surface area contributed by atoms with Gasteiger partial charge in [-0.2, -0.15) is 0 Å². The van der Waals surface area contributed by atoms with E-state index in [-0.39, 0.29) is 15.8 Å². The van der Waals surface area contributed by atoms with Gasteiger partial charge in [-0.3, -0.25) is 18.7 Å². The first-order chi connectivity index (χ1) is 12.2. The van der Waals surface area contributed by atoms with Crippen molar-refractivity contribution in [3.05, 3.63) is 0 Å². The molecule has 154 valence electrons. The van der Waals surface area contributed by atoms with E-state index in [0.29, 0.717) is 0 Å². The molecule has 0 radical (unpaired) electrons. The minimum absolute atomic E-state index is 0.195. The van der Waals surface area contributed by atoms with E-state index in [4.69, 9.17) is 0 Å². The molecule has 2 rings (SSSR count). The highest BCUT2D eigenvalue weighted by Gasteiger charge is 2.46. The maximum atomic E-state index is 2.89. The van der Waals surface area contributed by atoms with Gasteiger partial charge in [0.25, 0.3) is 0 Å². The van der Waals surface area contributed by atoms with Gasteiger partial charge in [0.15, 0.2) is 0 Å². The van der Waals surface area contributed by atoms with E-state index >= 15 is 0 Å². The fourth-order valence-electron chi connectivity index (χ4n) is 3.97. The molecule has 0 bridgehead atoms. The molecule has 2 fully saturated rings. The minimum Gasteiger partial charge on any atom is -0.263 e. The van der Waals surface area contributed by atoms with Crippen molar-refractivity contribution in [2.75, 3.05) is 52.4 Å². The van der Waals surface area contributed by atoms with Crippen molar-refractivity contribution in [1.82, 2.24) is 18.7 Å². The van der Waals surface area contributed by atoms with Gasteiger partial charge in [0.2, 0.25) is 0 Å². The molecule has 0 aliphatic carbocycles. The summed E-state index contributed by atoms with van der Waals surface area (Å²) in [6.45, 7) is 29.3. The monoisotopic (exact) mass is 402 g/mol. The molecule has 26 heavy (non-hydrogen) atoms. The topological polar surface area (TPSA) is 13.0 Å². The van der Waals surface area contributed by atoms with Crippen molar-refractivity contribution < 1.29 is 0 Å². The second kappa shape index (κ2) is 10.5. The molecule has 0 N–H and O–H groups in total. The van der Waals surface area contributed by atoms with Crippen LogP contribution in [0.1, 0.15) is 55.4 Å². The summed E-state index contributed by atoms with van der Waals surface area (Å²) in [6, 6.07) is 0. The van der Waals surface area contributed by atoms with Crippen molar-refractivity contribution >= 4 is 15.8 Å². The first-order valence-corrected chi connectivity index (χ1v) is 14.0. The Bertz CT molecular complexity index is 343. The average molecular weight is 403 g/mol. The quantitative estimate of drug-likeness (QED) is 0.480. The Labute approximate surface area is 166 Å². The third kappa shape index (κ3) is 6.36. The highest BCUT2D eigenvalue weighted by molar-refractivity contribution is 8.25. The fraction of sp³-hybridized carbons (Fsp3) is 1.00. The second-order valence-electron chi connectivity index (χ2n) is 9.76. The predicted octanol–water partition coefficient (Wildman–Crippen LogP) is 5.38. The van der Waals surface area contributed by atoms with Crippen LogP contribution in [0.25, 0.3) is 0 Å². The van der Waals surface area contributed by atoms with Gasteiger partial charge in [0.05, 0.1) is 15.8 Å². The normalized spacial score (nSPS) is 23.1. The van der Waals surface area contributed by atoms with E-state index < -0.39 is 0 Å². The maximum absolute atomic E-state index is 2.89. The van der Waals surface area contributed by atoms with Crippen molar-refractivity contribution in [1.29, 1.82) is 0 Å². The number of hydrogen-bond donors (Lipinski definition) is 0. The molecule has 2 aliphatic rings. The van der Waals surface area contributed by atoms with Gasteiger partial charge in [0, 0.05) is 52.4 Å². The Morgan fingerprint density at radius 1 is 0.462 bits per heavy atom. The molecule has 0 atom stereocenters. The molecular formula is C20H44N4P2. The molecule has 6 heteroatoms.